The second-order valence-corrected chi connectivity index (χ2v) is 6.16. The second-order valence-electron chi connectivity index (χ2n) is 6.16. The second kappa shape index (κ2) is 8.15. The Bertz CT molecular complexity index is 990. The van der Waals surface area contributed by atoms with E-state index in [-0.39, 0.29) is 5.91 Å². The van der Waals surface area contributed by atoms with Crippen LogP contribution in [0.15, 0.2) is 67.0 Å². The molecule has 0 aliphatic rings. The smallest absolute Gasteiger partial charge is 0.257 e. The van der Waals surface area contributed by atoms with E-state index in [0.29, 0.717) is 16.8 Å². The summed E-state index contributed by atoms with van der Waals surface area (Å²) in [6, 6.07) is 18.9. The van der Waals surface area contributed by atoms with E-state index in [4.69, 9.17) is 5.26 Å². The summed E-state index contributed by atoms with van der Waals surface area (Å²) in [5.74, 6) is -0.241. The van der Waals surface area contributed by atoms with Gasteiger partial charge in [0.15, 0.2) is 0 Å². The van der Waals surface area contributed by atoms with Gasteiger partial charge in [-0.05, 0) is 61.9 Å². The number of pyridine rings is 1. The van der Waals surface area contributed by atoms with Crippen LogP contribution in [0, 0.1) is 18.3 Å². The molecule has 0 radical (unpaired) electrons. The number of nitriles is 1. The topological polar surface area (TPSA) is 69.0 Å². The highest BCUT2D eigenvalue weighted by Gasteiger charge is 2.12. The van der Waals surface area contributed by atoms with Gasteiger partial charge in [-0.1, -0.05) is 12.1 Å². The molecule has 2 aromatic carbocycles. The number of benzene rings is 2. The zero-order chi connectivity index (χ0) is 19.2. The Labute approximate surface area is 158 Å². The van der Waals surface area contributed by atoms with Crippen molar-refractivity contribution in [3.05, 3.63) is 83.7 Å². The highest BCUT2D eigenvalue weighted by molar-refractivity contribution is 6.04. The fourth-order valence-electron chi connectivity index (χ4n) is 2.84. The predicted molar refractivity (Wildman–Crippen MR) is 107 cm³/mol. The average Bonchev–Trinajstić information content (AvgIpc) is 2.69. The summed E-state index contributed by atoms with van der Waals surface area (Å²) in [7, 11) is 0. The Morgan fingerprint density at radius 2 is 1.89 bits per heavy atom. The van der Waals surface area contributed by atoms with Crippen molar-refractivity contribution in [3.8, 4) is 6.07 Å². The van der Waals surface area contributed by atoms with Gasteiger partial charge in [0.2, 0.25) is 0 Å². The van der Waals surface area contributed by atoms with Crippen molar-refractivity contribution in [1.82, 2.24) is 4.98 Å². The van der Waals surface area contributed by atoms with Gasteiger partial charge >= 0.3 is 0 Å². The third kappa shape index (κ3) is 4.31. The maximum atomic E-state index is 12.6. The molecule has 134 valence electrons. The largest absolute Gasteiger partial charge is 0.340 e. The third-order valence-corrected chi connectivity index (χ3v) is 4.20. The molecule has 5 nitrogen and oxygen atoms in total. The molecule has 1 N–H and O–H groups in total. The van der Waals surface area contributed by atoms with Crippen LogP contribution in [0.5, 0.6) is 0 Å². The quantitative estimate of drug-likeness (QED) is 0.721. The van der Waals surface area contributed by atoms with Crippen molar-refractivity contribution in [1.29, 1.82) is 5.26 Å². The number of nitrogens with zero attached hydrogens (tertiary/aromatic N) is 3. The van der Waals surface area contributed by atoms with Crippen LogP contribution in [-0.4, -0.2) is 17.4 Å². The summed E-state index contributed by atoms with van der Waals surface area (Å²) in [6.07, 6.45) is 3.30. The molecule has 0 spiro atoms. The fourth-order valence-corrected chi connectivity index (χ4v) is 2.84. The molecular weight excluding hydrogens is 336 g/mol. The molecule has 0 fully saturated rings. The van der Waals surface area contributed by atoms with E-state index in [2.05, 4.69) is 47.3 Å². The number of anilines is 3. The molecule has 0 atom stereocenters. The lowest BCUT2D eigenvalue weighted by Gasteiger charge is -2.23. The molecule has 5 heteroatoms. The number of aromatic nitrogens is 1. The van der Waals surface area contributed by atoms with Crippen molar-refractivity contribution in [2.24, 2.45) is 0 Å². The molecule has 0 aliphatic heterocycles. The van der Waals surface area contributed by atoms with Crippen LogP contribution in [0.3, 0.4) is 0 Å². The fraction of sp³-hybridized carbons (Fsp3) is 0.136. The van der Waals surface area contributed by atoms with Crippen LogP contribution in [0.25, 0.3) is 0 Å². The van der Waals surface area contributed by atoms with Crippen molar-refractivity contribution < 1.29 is 4.79 Å². The number of rotatable bonds is 5. The zero-order valence-corrected chi connectivity index (χ0v) is 15.3. The van der Waals surface area contributed by atoms with Crippen molar-refractivity contribution in [2.75, 3.05) is 16.8 Å². The van der Waals surface area contributed by atoms with Crippen molar-refractivity contribution in [3.63, 3.8) is 0 Å². The average molecular weight is 356 g/mol. The number of hydrogen-bond donors (Lipinski definition) is 1. The number of carbonyl (C=O) groups is 1. The minimum Gasteiger partial charge on any atom is -0.340 e. The standard InChI is InChI=1S/C22H20N4O/c1-3-26(20-6-4-5-16(2)11-20)21-12-18(14-24-15-21)22(27)25-19-9-7-17(13-23)8-10-19/h4-12,14-15H,3H2,1-2H3,(H,25,27). The van der Waals surface area contributed by atoms with Crippen LogP contribution in [0.4, 0.5) is 17.1 Å². The van der Waals surface area contributed by atoms with E-state index in [9.17, 15) is 4.79 Å². The molecule has 0 bridgehead atoms. The van der Waals surface area contributed by atoms with Crippen LogP contribution in [0.1, 0.15) is 28.4 Å². The minimum absolute atomic E-state index is 0.241. The van der Waals surface area contributed by atoms with Gasteiger partial charge < -0.3 is 10.2 Å². The van der Waals surface area contributed by atoms with Gasteiger partial charge in [-0.3, -0.25) is 9.78 Å². The van der Waals surface area contributed by atoms with E-state index in [1.165, 1.54) is 5.56 Å². The van der Waals surface area contributed by atoms with E-state index in [1.807, 2.05) is 18.2 Å². The summed E-state index contributed by atoms with van der Waals surface area (Å²) in [5.41, 5.74) is 4.75. The molecule has 1 heterocycles. The number of aryl methyl sites for hydroxylation is 1. The predicted octanol–water partition coefficient (Wildman–Crippen LogP) is 4.67. The van der Waals surface area contributed by atoms with Gasteiger partial charge in [0.05, 0.1) is 29.1 Å². The molecule has 1 amide bonds. The lowest BCUT2D eigenvalue weighted by atomic mass is 10.1. The summed E-state index contributed by atoms with van der Waals surface area (Å²) in [5, 5.41) is 11.7. The monoisotopic (exact) mass is 356 g/mol. The molecular formula is C22H20N4O. The van der Waals surface area contributed by atoms with E-state index >= 15 is 0 Å². The van der Waals surface area contributed by atoms with Crippen LogP contribution >= 0.6 is 0 Å². The first-order chi connectivity index (χ1) is 13.1. The number of amides is 1. The Kier molecular flexibility index (Phi) is 5.48. The first kappa shape index (κ1) is 18.2. The first-order valence-electron chi connectivity index (χ1n) is 8.71. The van der Waals surface area contributed by atoms with Crippen LogP contribution in [-0.2, 0) is 0 Å². The molecule has 0 unspecified atom stereocenters. The Morgan fingerprint density at radius 1 is 1.11 bits per heavy atom. The molecule has 3 aromatic rings. The summed E-state index contributed by atoms with van der Waals surface area (Å²) < 4.78 is 0. The summed E-state index contributed by atoms with van der Waals surface area (Å²) in [6.45, 7) is 4.87. The maximum absolute atomic E-state index is 12.6. The Hall–Kier alpha value is -3.65. The summed E-state index contributed by atoms with van der Waals surface area (Å²) >= 11 is 0. The third-order valence-electron chi connectivity index (χ3n) is 4.20. The molecule has 1 aromatic heterocycles. The van der Waals surface area contributed by atoms with Crippen LogP contribution in [0.2, 0.25) is 0 Å². The normalized spacial score (nSPS) is 10.1. The van der Waals surface area contributed by atoms with Gasteiger partial charge in [0, 0.05) is 24.1 Å². The highest BCUT2D eigenvalue weighted by Crippen LogP contribution is 2.26. The molecule has 0 aliphatic carbocycles. The van der Waals surface area contributed by atoms with Crippen molar-refractivity contribution in [2.45, 2.75) is 13.8 Å². The van der Waals surface area contributed by atoms with E-state index < -0.39 is 0 Å². The highest BCUT2D eigenvalue weighted by atomic mass is 16.1. The van der Waals surface area contributed by atoms with Gasteiger partial charge in [-0.15, -0.1) is 0 Å². The van der Waals surface area contributed by atoms with Gasteiger partial charge in [-0.25, -0.2) is 0 Å². The number of nitrogens with one attached hydrogen (secondary N) is 1. The van der Waals surface area contributed by atoms with E-state index in [1.54, 1.807) is 36.7 Å². The molecule has 27 heavy (non-hydrogen) atoms. The zero-order valence-electron chi connectivity index (χ0n) is 15.3. The Balaban J connectivity index is 1.83. The maximum Gasteiger partial charge on any atom is 0.257 e. The van der Waals surface area contributed by atoms with Crippen molar-refractivity contribution >= 4 is 23.0 Å². The minimum atomic E-state index is -0.241. The number of carbonyl (C=O) groups excluding carboxylic acids is 1. The first-order valence-corrected chi connectivity index (χ1v) is 8.71. The molecule has 0 saturated carbocycles. The lowest BCUT2D eigenvalue weighted by molar-refractivity contribution is 0.102. The van der Waals surface area contributed by atoms with Crippen LogP contribution < -0.4 is 10.2 Å². The van der Waals surface area contributed by atoms with E-state index in [0.717, 1.165) is 17.9 Å². The summed E-state index contributed by atoms with van der Waals surface area (Å²) in [4.78, 5) is 18.9. The Morgan fingerprint density at radius 3 is 2.56 bits per heavy atom. The molecule has 0 saturated heterocycles. The molecule has 3 rings (SSSR count). The lowest BCUT2D eigenvalue weighted by Crippen LogP contribution is -2.18. The van der Waals surface area contributed by atoms with Gasteiger partial charge in [0.1, 0.15) is 0 Å². The van der Waals surface area contributed by atoms with Gasteiger partial charge in [-0.2, -0.15) is 5.26 Å². The number of hydrogen-bond acceptors (Lipinski definition) is 4. The van der Waals surface area contributed by atoms with Gasteiger partial charge in [0.25, 0.3) is 5.91 Å². The SMILES string of the molecule is CCN(c1cccc(C)c1)c1cncc(C(=O)Nc2ccc(C#N)cc2)c1.